The third-order valence-electron chi connectivity index (χ3n) is 2.73. The molecule has 0 aliphatic carbocycles. The molecule has 1 heterocycles. The van der Waals surface area contributed by atoms with Gasteiger partial charge < -0.3 is 19.9 Å². The molecule has 1 saturated heterocycles. The highest BCUT2D eigenvalue weighted by atomic mass is 16.5. The van der Waals surface area contributed by atoms with Gasteiger partial charge in [-0.05, 0) is 17.7 Å². The monoisotopic (exact) mass is 223 g/mol. The van der Waals surface area contributed by atoms with E-state index in [1.54, 1.807) is 7.11 Å². The molecule has 1 aliphatic rings. The first-order valence-corrected chi connectivity index (χ1v) is 5.43. The molecule has 1 aliphatic heterocycles. The molecule has 0 spiro atoms. The summed E-state index contributed by atoms with van der Waals surface area (Å²) in [5.41, 5.74) is 1.05. The summed E-state index contributed by atoms with van der Waals surface area (Å²) in [4.78, 5) is 0. The van der Waals surface area contributed by atoms with E-state index in [-0.39, 0.29) is 6.10 Å². The second-order valence-corrected chi connectivity index (χ2v) is 3.93. The van der Waals surface area contributed by atoms with Gasteiger partial charge in [0.1, 0.15) is 5.75 Å². The van der Waals surface area contributed by atoms with E-state index >= 15 is 0 Å². The van der Waals surface area contributed by atoms with E-state index in [2.05, 4.69) is 5.32 Å². The number of aliphatic hydroxyl groups excluding tert-OH is 1. The van der Waals surface area contributed by atoms with Crippen LogP contribution in [0.2, 0.25) is 0 Å². The number of ether oxygens (including phenoxy) is 2. The van der Waals surface area contributed by atoms with Crippen LogP contribution in [-0.2, 0) is 11.3 Å². The van der Waals surface area contributed by atoms with Crippen molar-refractivity contribution in [3.8, 4) is 5.75 Å². The van der Waals surface area contributed by atoms with Crippen LogP contribution in [0.25, 0.3) is 0 Å². The van der Waals surface area contributed by atoms with Gasteiger partial charge in [0.25, 0.3) is 0 Å². The van der Waals surface area contributed by atoms with Gasteiger partial charge in [0.05, 0.1) is 25.9 Å². The summed E-state index contributed by atoms with van der Waals surface area (Å²) in [7, 11) is 1.64. The van der Waals surface area contributed by atoms with Crippen LogP contribution in [0.15, 0.2) is 24.3 Å². The Labute approximate surface area is 95.2 Å². The summed E-state index contributed by atoms with van der Waals surface area (Å²) in [5.74, 6) is 0.825. The fraction of sp³-hybridized carbons (Fsp3) is 0.500. The van der Waals surface area contributed by atoms with Crippen LogP contribution in [0, 0.1) is 0 Å². The molecule has 0 amide bonds. The molecule has 2 atom stereocenters. The minimum Gasteiger partial charge on any atom is -0.497 e. The number of nitrogens with one attached hydrogen (secondary N) is 1. The van der Waals surface area contributed by atoms with Crippen molar-refractivity contribution >= 4 is 0 Å². The summed E-state index contributed by atoms with van der Waals surface area (Å²) in [5, 5.41) is 12.6. The molecule has 16 heavy (non-hydrogen) atoms. The second kappa shape index (κ2) is 5.30. The van der Waals surface area contributed by atoms with E-state index < -0.39 is 6.10 Å². The summed E-state index contributed by atoms with van der Waals surface area (Å²) in [6.07, 6.45) is -0.503. The van der Waals surface area contributed by atoms with Crippen molar-refractivity contribution in [3.05, 3.63) is 29.8 Å². The highest BCUT2D eigenvalue weighted by Crippen LogP contribution is 2.15. The highest BCUT2D eigenvalue weighted by molar-refractivity contribution is 5.27. The van der Waals surface area contributed by atoms with Crippen LogP contribution in [0.3, 0.4) is 0 Å². The first-order chi connectivity index (χ1) is 7.79. The molecule has 0 saturated carbocycles. The number of benzene rings is 1. The fourth-order valence-electron chi connectivity index (χ4n) is 1.78. The fourth-order valence-corrected chi connectivity index (χ4v) is 1.78. The lowest BCUT2D eigenvalue weighted by Gasteiger charge is -2.14. The van der Waals surface area contributed by atoms with Crippen LogP contribution in [-0.4, -0.2) is 37.5 Å². The first-order valence-electron chi connectivity index (χ1n) is 5.43. The number of aliphatic hydroxyl groups is 1. The Morgan fingerprint density at radius 1 is 1.44 bits per heavy atom. The van der Waals surface area contributed by atoms with E-state index in [9.17, 15) is 5.11 Å². The Morgan fingerprint density at radius 2 is 2.31 bits per heavy atom. The van der Waals surface area contributed by atoms with Gasteiger partial charge >= 0.3 is 0 Å². The molecule has 0 aromatic heterocycles. The largest absolute Gasteiger partial charge is 0.497 e. The molecule has 2 rings (SSSR count). The Balaban J connectivity index is 1.88. The lowest BCUT2D eigenvalue weighted by atomic mass is 10.2. The quantitative estimate of drug-likeness (QED) is 0.782. The maximum absolute atomic E-state index is 9.56. The average molecular weight is 223 g/mol. The molecule has 0 bridgehead atoms. The molecule has 1 fully saturated rings. The maximum Gasteiger partial charge on any atom is 0.119 e. The molecule has 4 nitrogen and oxygen atoms in total. The third kappa shape index (κ3) is 2.72. The smallest absolute Gasteiger partial charge is 0.119 e. The van der Waals surface area contributed by atoms with Gasteiger partial charge in [-0.1, -0.05) is 12.1 Å². The van der Waals surface area contributed by atoms with Gasteiger partial charge in [0.15, 0.2) is 0 Å². The number of β-amino-alcohol motifs (C(OH)–C–C–N with tert-alkyl or cyclic N) is 1. The van der Waals surface area contributed by atoms with Crippen molar-refractivity contribution in [1.29, 1.82) is 0 Å². The van der Waals surface area contributed by atoms with Crippen LogP contribution in [0.1, 0.15) is 5.56 Å². The standard InChI is InChI=1S/C12H17NO3/c1-15-10-4-2-3-9(5-10)8-16-12-7-13-6-11(12)14/h2-5,11-14H,6-8H2,1H3. The van der Waals surface area contributed by atoms with Gasteiger partial charge in [-0.15, -0.1) is 0 Å². The lowest BCUT2D eigenvalue weighted by molar-refractivity contribution is -0.0169. The number of methoxy groups -OCH3 is 1. The van der Waals surface area contributed by atoms with Crippen LogP contribution in [0.5, 0.6) is 5.75 Å². The summed E-state index contributed by atoms with van der Waals surface area (Å²) in [6.45, 7) is 1.83. The van der Waals surface area contributed by atoms with E-state index in [0.29, 0.717) is 19.7 Å². The summed E-state index contributed by atoms with van der Waals surface area (Å²) < 4.78 is 10.8. The van der Waals surface area contributed by atoms with Crippen LogP contribution in [0.4, 0.5) is 0 Å². The van der Waals surface area contributed by atoms with E-state index in [1.165, 1.54) is 0 Å². The first kappa shape index (κ1) is 11.4. The molecule has 0 radical (unpaired) electrons. The molecule has 4 heteroatoms. The predicted molar refractivity (Wildman–Crippen MR) is 60.4 cm³/mol. The topological polar surface area (TPSA) is 50.7 Å². The minimum atomic E-state index is -0.398. The lowest BCUT2D eigenvalue weighted by Crippen LogP contribution is -2.26. The third-order valence-corrected chi connectivity index (χ3v) is 2.73. The van der Waals surface area contributed by atoms with Crippen molar-refractivity contribution in [2.45, 2.75) is 18.8 Å². The Hall–Kier alpha value is -1.10. The zero-order valence-corrected chi connectivity index (χ0v) is 9.35. The number of hydrogen-bond donors (Lipinski definition) is 2. The van der Waals surface area contributed by atoms with Gasteiger partial charge in [0.2, 0.25) is 0 Å². The van der Waals surface area contributed by atoms with Crippen molar-refractivity contribution in [3.63, 3.8) is 0 Å². The summed E-state index contributed by atoms with van der Waals surface area (Å²) >= 11 is 0. The molecule has 1 aromatic carbocycles. The normalized spacial score (nSPS) is 24.6. The van der Waals surface area contributed by atoms with Crippen molar-refractivity contribution in [2.75, 3.05) is 20.2 Å². The van der Waals surface area contributed by atoms with Gasteiger partial charge in [-0.3, -0.25) is 0 Å². The van der Waals surface area contributed by atoms with Crippen LogP contribution >= 0.6 is 0 Å². The van der Waals surface area contributed by atoms with Gasteiger partial charge in [-0.2, -0.15) is 0 Å². The Morgan fingerprint density at radius 3 is 3.00 bits per heavy atom. The molecule has 1 aromatic rings. The predicted octanol–water partition coefficient (Wildman–Crippen LogP) is 0.544. The van der Waals surface area contributed by atoms with Crippen LogP contribution < -0.4 is 10.1 Å². The highest BCUT2D eigenvalue weighted by Gasteiger charge is 2.25. The summed E-state index contributed by atoms with van der Waals surface area (Å²) in [6, 6.07) is 7.75. The zero-order chi connectivity index (χ0) is 11.4. The number of hydrogen-bond acceptors (Lipinski definition) is 4. The average Bonchev–Trinajstić information content (AvgIpc) is 2.72. The molecular weight excluding hydrogens is 206 g/mol. The van der Waals surface area contributed by atoms with E-state index in [4.69, 9.17) is 9.47 Å². The van der Waals surface area contributed by atoms with Crippen molar-refractivity contribution in [2.24, 2.45) is 0 Å². The van der Waals surface area contributed by atoms with E-state index in [1.807, 2.05) is 24.3 Å². The number of rotatable bonds is 4. The Bertz CT molecular complexity index is 343. The molecule has 2 N–H and O–H groups in total. The maximum atomic E-state index is 9.56. The van der Waals surface area contributed by atoms with Gasteiger partial charge in [-0.25, -0.2) is 0 Å². The second-order valence-electron chi connectivity index (χ2n) is 3.93. The van der Waals surface area contributed by atoms with E-state index in [0.717, 1.165) is 11.3 Å². The zero-order valence-electron chi connectivity index (χ0n) is 9.35. The van der Waals surface area contributed by atoms with Crippen molar-refractivity contribution in [1.82, 2.24) is 5.32 Å². The molecular formula is C12H17NO3. The van der Waals surface area contributed by atoms with Crippen molar-refractivity contribution < 1.29 is 14.6 Å². The molecule has 2 unspecified atom stereocenters. The van der Waals surface area contributed by atoms with Gasteiger partial charge in [0, 0.05) is 13.1 Å². The molecule has 88 valence electrons. The SMILES string of the molecule is COc1cccc(COC2CNCC2O)c1. The Kier molecular flexibility index (Phi) is 3.77. The minimum absolute atomic E-state index is 0.105.